The molecule has 88 valence electrons. The molecular weight excluding hydrogens is 226 g/mol. The van der Waals surface area contributed by atoms with Crippen molar-refractivity contribution in [3.8, 4) is 18.1 Å². The highest BCUT2D eigenvalue weighted by atomic mass is 16.3. The molecule has 0 fully saturated rings. The van der Waals surface area contributed by atoms with Crippen molar-refractivity contribution in [2.24, 2.45) is 0 Å². The molecule has 2 aromatic rings. The van der Waals surface area contributed by atoms with E-state index in [1.54, 1.807) is 42.5 Å². The number of nitrogens with one attached hydrogen (secondary N) is 1. The molecule has 0 atom stereocenters. The van der Waals surface area contributed by atoms with Gasteiger partial charge in [0.25, 0.3) is 5.91 Å². The predicted octanol–water partition coefficient (Wildman–Crippen LogP) is 2.63. The minimum absolute atomic E-state index is 0.0461. The van der Waals surface area contributed by atoms with Crippen LogP contribution in [0.25, 0.3) is 0 Å². The predicted molar refractivity (Wildman–Crippen MR) is 70.4 cm³/mol. The number of carbonyl (C=O) groups is 1. The van der Waals surface area contributed by atoms with E-state index in [9.17, 15) is 9.90 Å². The fourth-order valence-electron chi connectivity index (χ4n) is 1.51. The van der Waals surface area contributed by atoms with Crippen molar-refractivity contribution < 1.29 is 9.90 Å². The van der Waals surface area contributed by atoms with Crippen LogP contribution in [0.3, 0.4) is 0 Å². The maximum Gasteiger partial charge on any atom is 0.259 e. The molecule has 2 aromatic carbocycles. The summed E-state index contributed by atoms with van der Waals surface area (Å²) >= 11 is 0. The van der Waals surface area contributed by atoms with Crippen molar-refractivity contribution in [3.05, 3.63) is 59.7 Å². The van der Waals surface area contributed by atoms with Crippen molar-refractivity contribution in [1.82, 2.24) is 0 Å². The third kappa shape index (κ3) is 2.50. The van der Waals surface area contributed by atoms with Gasteiger partial charge in [-0.25, -0.2) is 0 Å². The molecule has 3 heteroatoms. The van der Waals surface area contributed by atoms with Crippen LogP contribution in [-0.2, 0) is 0 Å². The number of rotatable bonds is 2. The number of aromatic hydroxyl groups is 1. The SMILES string of the molecule is C#Cc1ccc(NC(=O)c2ccccc2O)cc1. The minimum Gasteiger partial charge on any atom is -0.507 e. The van der Waals surface area contributed by atoms with Crippen molar-refractivity contribution in [1.29, 1.82) is 0 Å². The summed E-state index contributed by atoms with van der Waals surface area (Å²) in [5, 5.41) is 12.2. The number of amides is 1. The molecule has 0 unspecified atom stereocenters. The van der Waals surface area contributed by atoms with Crippen LogP contribution in [0.15, 0.2) is 48.5 Å². The van der Waals surface area contributed by atoms with Crippen LogP contribution in [0.4, 0.5) is 5.69 Å². The van der Waals surface area contributed by atoms with Gasteiger partial charge in [0, 0.05) is 11.3 Å². The minimum atomic E-state index is -0.360. The van der Waals surface area contributed by atoms with Gasteiger partial charge in [0.05, 0.1) is 5.56 Å². The lowest BCUT2D eigenvalue weighted by atomic mass is 10.1. The first-order valence-corrected chi connectivity index (χ1v) is 5.37. The molecule has 0 spiro atoms. The van der Waals surface area contributed by atoms with E-state index in [4.69, 9.17) is 6.42 Å². The van der Waals surface area contributed by atoms with Crippen molar-refractivity contribution in [2.45, 2.75) is 0 Å². The van der Waals surface area contributed by atoms with Gasteiger partial charge in [-0.15, -0.1) is 6.42 Å². The quantitative estimate of drug-likeness (QED) is 0.789. The zero-order valence-electron chi connectivity index (χ0n) is 9.55. The molecule has 0 saturated carbocycles. The molecule has 0 aliphatic carbocycles. The third-order valence-electron chi connectivity index (χ3n) is 2.46. The van der Waals surface area contributed by atoms with E-state index in [0.29, 0.717) is 5.69 Å². The Morgan fingerprint density at radius 1 is 1.11 bits per heavy atom. The van der Waals surface area contributed by atoms with E-state index in [-0.39, 0.29) is 17.2 Å². The summed E-state index contributed by atoms with van der Waals surface area (Å²) < 4.78 is 0. The van der Waals surface area contributed by atoms with Gasteiger partial charge in [-0.3, -0.25) is 4.79 Å². The van der Waals surface area contributed by atoms with Crippen LogP contribution in [0.5, 0.6) is 5.75 Å². The van der Waals surface area contributed by atoms with Gasteiger partial charge >= 0.3 is 0 Å². The Balaban J connectivity index is 2.17. The normalized spacial score (nSPS) is 9.50. The second kappa shape index (κ2) is 5.07. The van der Waals surface area contributed by atoms with E-state index in [0.717, 1.165) is 5.56 Å². The van der Waals surface area contributed by atoms with Gasteiger partial charge in [-0.2, -0.15) is 0 Å². The molecule has 2 rings (SSSR count). The molecule has 2 N–H and O–H groups in total. The summed E-state index contributed by atoms with van der Waals surface area (Å²) in [4.78, 5) is 11.9. The van der Waals surface area contributed by atoms with Crippen molar-refractivity contribution >= 4 is 11.6 Å². The Morgan fingerprint density at radius 3 is 2.39 bits per heavy atom. The van der Waals surface area contributed by atoms with Crippen LogP contribution in [0, 0.1) is 12.3 Å². The Labute approximate surface area is 105 Å². The monoisotopic (exact) mass is 237 g/mol. The van der Waals surface area contributed by atoms with Gasteiger partial charge in [-0.1, -0.05) is 18.1 Å². The van der Waals surface area contributed by atoms with Crippen molar-refractivity contribution in [2.75, 3.05) is 5.32 Å². The highest BCUT2D eigenvalue weighted by Gasteiger charge is 2.09. The molecule has 18 heavy (non-hydrogen) atoms. The first-order chi connectivity index (χ1) is 8.70. The standard InChI is InChI=1S/C15H11NO2/c1-2-11-7-9-12(10-8-11)16-15(18)13-5-3-4-6-14(13)17/h1,3-10,17H,(H,16,18). The van der Waals surface area contributed by atoms with Crippen molar-refractivity contribution in [3.63, 3.8) is 0 Å². The summed E-state index contributed by atoms with van der Waals surface area (Å²) in [6, 6.07) is 13.3. The van der Waals surface area contributed by atoms with Gasteiger partial charge in [0.15, 0.2) is 0 Å². The van der Waals surface area contributed by atoms with Gasteiger partial charge in [0.1, 0.15) is 5.75 Å². The number of terminal acetylenes is 1. The third-order valence-corrected chi connectivity index (χ3v) is 2.46. The molecule has 3 nitrogen and oxygen atoms in total. The summed E-state index contributed by atoms with van der Waals surface area (Å²) in [6.07, 6.45) is 5.24. The smallest absolute Gasteiger partial charge is 0.259 e. The number of phenolic OH excluding ortho intramolecular Hbond substituents is 1. The molecule has 0 aliphatic heterocycles. The number of phenols is 1. The molecular formula is C15H11NO2. The molecule has 0 bridgehead atoms. The lowest BCUT2D eigenvalue weighted by molar-refractivity contribution is 0.102. The largest absolute Gasteiger partial charge is 0.507 e. The van der Waals surface area contributed by atoms with Gasteiger partial charge < -0.3 is 10.4 Å². The van der Waals surface area contributed by atoms with Crippen LogP contribution < -0.4 is 5.32 Å². The topological polar surface area (TPSA) is 49.3 Å². The van der Waals surface area contributed by atoms with Crippen LogP contribution in [0.1, 0.15) is 15.9 Å². The fourth-order valence-corrected chi connectivity index (χ4v) is 1.51. The second-order valence-corrected chi connectivity index (χ2v) is 3.69. The summed E-state index contributed by atoms with van der Waals surface area (Å²) in [7, 11) is 0. The molecule has 0 heterocycles. The Kier molecular flexibility index (Phi) is 3.31. The number of hydrogen-bond donors (Lipinski definition) is 2. The number of benzene rings is 2. The highest BCUT2D eigenvalue weighted by molar-refractivity contribution is 6.06. The van der Waals surface area contributed by atoms with Crippen LogP contribution in [-0.4, -0.2) is 11.0 Å². The number of carbonyl (C=O) groups excluding carboxylic acids is 1. The van der Waals surface area contributed by atoms with E-state index < -0.39 is 0 Å². The first kappa shape index (κ1) is 11.7. The highest BCUT2D eigenvalue weighted by Crippen LogP contribution is 2.17. The molecule has 0 aliphatic rings. The Bertz CT molecular complexity index is 609. The van der Waals surface area contributed by atoms with Gasteiger partial charge in [0.2, 0.25) is 0 Å². The molecule has 1 amide bonds. The average molecular weight is 237 g/mol. The Morgan fingerprint density at radius 2 is 1.78 bits per heavy atom. The van der Waals surface area contributed by atoms with Crippen LogP contribution >= 0.6 is 0 Å². The lowest BCUT2D eigenvalue weighted by Crippen LogP contribution is -2.11. The zero-order chi connectivity index (χ0) is 13.0. The van der Waals surface area contributed by atoms with E-state index in [1.807, 2.05) is 0 Å². The maximum atomic E-state index is 11.9. The number of hydrogen-bond acceptors (Lipinski definition) is 2. The maximum absolute atomic E-state index is 11.9. The molecule has 0 aromatic heterocycles. The van der Waals surface area contributed by atoms with Crippen LogP contribution in [0.2, 0.25) is 0 Å². The average Bonchev–Trinajstić information content (AvgIpc) is 2.40. The summed E-state index contributed by atoms with van der Waals surface area (Å²) in [5.74, 6) is 2.09. The van der Waals surface area contributed by atoms with E-state index in [1.165, 1.54) is 6.07 Å². The fraction of sp³-hybridized carbons (Fsp3) is 0. The zero-order valence-corrected chi connectivity index (χ0v) is 9.55. The number of para-hydroxylation sites is 1. The van der Waals surface area contributed by atoms with Gasteiger partial charge in [-0.05, 0) is 36.4 Å². The Hall–Kier alpha value is -2.73. The first-order valence-electron chi connectivity index (χ1n) is 5.37. The van der Waals surface area contributed by atoms with E-state index >= 15 is 0 Å². The molecule has 0 saturated heterocycles. The summed E-state index contributed by atoms with van der Waals surface area (Å²) in [5.41, 5.74) is 1.61. The second-order valence-electron chi connectivity index (χ2n) is 3.69. The molecule has 0 radical (unpaired) electrons. The summed E-state index contributed by atoms with van der Waals surface area (Å²) in [6.45, 7) is 0. The lowest BCUT2D eigenvalue weighted by Gasteiger charge is -2.06. The number of anilines is 1. The van der Waals surface area contributed by atoms with E-state index in [2.05, 4.69) is 11.2 Å².